The maximum absolute atomic E-state index is 7.17. The minimum atomic E-state index is -2.17. The molecule has 0 spiro atoms. The van der Waals surface area contributed by atoms with E-state index in [2.05, 4.69) is 0 Å². The Kier molecular flexibility index (Phi) is 51.2. The van der Waals surface area contributed by atoms with Crippen molar-refractivity contribution in [3.63, 3.8) is 0 Å². The second kappa shape index (κ2) is 15.8. The summed E-state index contributed by atoms with van der Waals surface area (Å²) in [5.74, 6) is 0. The molecule has 0 rings (SSSR count). The molecule has 0 bridgehead atoms. The van der Waals surface area contributed by atoms with Gasteiger partial charge in [0.2, 0.25) is 0 Å². The summed E-state index contributed by atoms with van der Waals surface area (Å²) in [5, 5.41) is 21.5. The molecule has 0 atom stereocenters. The van der Waals surface area contributed by atoms with Crippen molar-refractivity contribution in [1.29, 1.82) is 0 Å². The molecule has 0 amide bonds. The summed E-state index contributed by atoms with van der Waals surface area (Å²) in [5.41, 5.74) is 0. The van der Waals surface area contributed by atoms with Gasteiger partial charge in [0.15, 0.2) is 0 Å². The van der Waals surface area contributed by atoms with Gasteiger partial charge in [0, 0.05) is 19.5 Å². The van der Waals surface area contributed by atoms with Crippen LogP contribution >= 0.6 is 13.5 Å². The van der Waals surface area contributed by atoms with Crippen molar-refractivity contribution < 1.29 is 34.6 Å². The van der Waals surface area contributed by atoms with Crippen LogP contribution in [0.15, 0.2) is 0 Å². The van der Waals surface area contributed by atoms with Gasteiger partial charge in [-0.1, -0.05) is 0 Å². The molecule has 0 heterocycles. The summed E-state index contributed by atoms with van der Waals surface area (Å²) < 4.78 is 0. The molecule has 0 saturated heterocycles. The van der Waals surface area contributed by atoms with E-state index in [9.17, 15) is 0 Å². The fraction of sp³-hybridized carbons (Fsp3) is 0. The van der Waals surface area contributed by atoms with Gasteiger partial charge in [-0.15, -0.1) is 0 Å². The zero-order valence-corrected chi connectivity index (χ0v) is 7.09. The molecule has 3 nitrogen and oxygen atoms in total. The molecule has 3 N–H and O–H groups in total. The molecule has 7 heavy (non-hydrogen) atoms. The van der Waals surface area contributed by atoms with E-state index in [0.29, 0.717) is 0 Å². The van der Waals surface area contributed by atoms with E-state index >= 15 is 0 Å². The summed E-state index contributed by atoms with van der Waals surface area (Å²) in [4.78, 5) is 0. The summed E-state index contributed by atoms with van der Waals surface area (Å²) in [7, 11) is -2.17. The van der Waals surface area contributed by atoms with Gasteiger partial charge < -0.3 is 15.1 Å². The first-order valence-electron chi connectivity index (χ1n) is 0.775. The van der Waals surface area contributed by atoms with Crippen LogP contribution in [0.3, 0.4) is 0 Å². The third-order valence-corrected chi connectivity index (χ3v) is 0. The Balaban J connectivity index is -0.0000000150. The molecule has 0 saturated carbocycles. The molecule has 0 aliphatic heterocycles. The molecule has 0 unspecified atom stereocenters. The van der Waals surface area contributed by atoms with Gasteiger partial charge >= 0.3 is 56.2 Å². The zero-order valence-electron chi connectivity index (χ0n) is 3.13. The second-order valence-electron chi connectivity index (χ2n) is 0.346. The van der Waals surface area contributed by atoms with Crippen molar-refractivity contribution in [1.82, 2.24) is 0 Å². The number of hydrogen-bond donors (Lipinski definition) is 3. The van der Waals surface area contributed by atoms with Gasteiger partial charge in [-0.2, -0.15) is 13.5 Å². The first-order valence-corrected chi connectivity index (χ1v) is 0.775. The Hall–Kier alpha value is 2.49. The van der Waals surface area contributed by atoms with Crippen molar-refractivity contribution >= 4 is 69.7 Å². The smallest absolute Gasteiger partial charge is 0 e. The first kappa shape index (κ1) is 22.7. The van der Waals surface area contributed by atoms with Crippen LogP contribution in [0.2, 0.25) is 0 Å². The van der Waals surface area contributed by atoms with Crippen LogP contribution in [-0.2, 0) is 19.5 Å². The van der Waals surface area contributed by atoms with E-state index in [0.717, 1.165) is 0 Å². The second-order valence-corrected chi connectivity index (χ2v) is 0.346. The molecule has 0 aromatic rings. The maximum atomic E-state index is 7.17. The van der Waals surface area contributed by atoms with Crippen LogP contribution in [-0.4, -0.2) is 71.3 Å². The summed E-state index contributed by atoms with van der Waals surface area (Å²) in [6.07, 6.45) is 0. The Morgan fingerprint density at radius 1 is 1.00 bits per heavy atom. The van der Waals surface area contributed by atoms with Gasteiger partial charge in [-0.05, 0) is 0 Å². The van der Waals surface area contributed by atoms with Crippen LogP contribution in [0.5, 0.6) is 0 Å². The van der Waals surface area contributed by atoms with Crippen LogP contribution in [0.1, 0.15) is 0 Å². The third-order valence-electron chi connectivity index (χ3n) is 0. The number of rotatable bonds is 0. The quantitative estimate of drug-likeness (QED) is 0.422. The fourth-order valence-corrected chi connectivity index (χ4v) is 0. The van der Waals surface area contributed by atoms with Crippen molar-refractivity contribution in [2.45, 2.75) is 0 Å². The Morgan fingerprint density at radius 2 is 1.00 bits per heavy atom. The summed E-state index contributed by atoms with van der Waals surface area (Å²) in [6, 6.07) is 0. The molecule has 0 radical (unpaired) electrons. The van der Waals surface area contributed by atoms with Gasteiger partial charge in [0.1, 0.15) is 0 Å². The largest absolute Gasteiger partial charge is 0 e. The maximum Gasteiger partial charge on any atom is 0 e. The average molecular weight is 301 g/mol. The number of hydrogen-bond acceptors (Lipinski definition) is 3. The Labute approximate surface area is 102 Å². The van der Waals surface area contributed by atoms with Crippen molar-refractivity contribution in [3.05, 3.63) is 0 Å². The zero-order chi connectivity index (χ0) is 3.58. The standard InChI is InChI=1S/BH3O3.Ba.H2S.Zn.2H/c2-1(3)4;;;;;/h2-4H;;1H2;;;. The van der Waals surface area contributed by atoms with Crippen LogP contribution in [0.25, 0.3) is 0 Å². The molecular formula is H7BBaO3SZn. The molecular weight excluding hydrogens is 294 g/mol. The molecule has 38 valence electrons. The first-order chi connectivity index (χ1) is 1.73. The van der Waals surface area contributed by atoms with E-state index in [-0.39, 0.29) is 81.9 Å². The van der Waals surface area contributed by atoms with Crippen molar-refractivity contribution in [3.8, 4) is 0 Å². The minimum Gasteiger partial charge on any atom is 0 e. The molecule has 0 aromatic carbocycles. The third kappa shape index (κ3) is 57.7. The van der Waals surface area contributed by atoms with Gasteiger partial charge in [0.05, 0.1) is 0 Å². The van der Waals surface area contributed by atoms with E-state index in [1.165, 1.54) is 0 Å². The summed E-state index contributed by atoms with van der Waals surface area (Å²) in [6.45, 7) is 0. The molecule has 0 aliphatic carbocycles. The van der Waals surface area contributed by atoms with Crippen molar-refractivity contribution in [2.75, 3.05) is 0 Å². The van der Waals surface area contributed by atoms with E-state index in [4.69, 9.17) is 15.1 Å². The van der Waals surface area contributed by atoms with E-state index in [1.54, 1.807) is 0 Å². The fourth-order valence-electron chi connectivity index (χ4n) is 0. The normalized spacial score (nSPS) is 3.86. The van der Waals surface area contributed by atoms with Gasteiger partial charge in [-0.25, -0.2) is 0 Å². The van der Waals surface area contributed by atoms with E-state index in [1.807, 2.05) is 0 Å². The molecule has 7 heteroatoms. The molecule has 0 aliphatic rings. The SMILES string of the molecule is OB(O)O.S.[BaH2].[Zn]. The predicted octanol–water partition coefficient (Wildman–Crippen LogP) is -2.86. The van der Waals surface area contributed by atoms with E-state index < -0.39 is 7.32 Å². The Bertz CT molecular complexity index is 19.7. The molecule has 0 fully saturated rings. The van der Waals surface area contributed by atoms with Crippen LogP contribution in [0.4, 0.5) is 0 Å². The Morgan fingerprint density at radius 3 is 1.00 bits per heavy atom. The van der Waals surface area contributed by atoms with Crippen LogP contribution < -0.4 is 0 Å². The topological polar surface area (TPSA) is 60.7 Å². The summed E-state index contributed by atoms with van der Waals surface area (Å²) >= 11 is 0. The average Bonchev–Trinajstić information content (AvgIpc) is 0.811. The van der Waals surface area contributed by atoms with Gasteiger partial charge in [0.25, 0.3) is 0 Å². The monoisotopic (exact) mass is 300 g/mol. The van der Waals surface area contributed by atoms with Crippen molar-refractivity contribution in [2.24, 2.45) is 0 Å². The predicted molar refractivity (Wildman–Crippen MR) is 31.3 cm³/mol. The van der Waals surface area contributed by atoms with Crippen LogP contribution in [0, 0.1) is 0 Å². The van der Waals surface area contributed by atoms with Gasteiger partial charge in [-0.3, -0.25) is 0 Å². The molecule has 0 aromatic heterocycles. The minimum absolute atomic E-state index is 0.